The van der Waals surface area contributed by atoms with E-state index in [0.29, 0.717) is 16.7 Å². The molecule has 0 unspecified atom stereocenters. The van der Waals surface area contributed by atoms with E-state index in [2.05, 4.69) is 14.1 Å². The number of anilines is 1. The van der Waals surface area contributed by atoms with Gasteiger partial charge in [-0.05, 0) is 30.3 Å². The molecule has 2 aromatic carbocycles. The van der Waals surface area contributed by atoms with E-state index in [-0.39, 0.29) is 10.6 Å². The first kappa shape index (κ1) is 18.0. The van der Waals surface area contributed by atoms with Crippen molar-refractivity contribution >= 4 is 58.0 Å². The third-order valence-electron chi connectivity index (χ3n) is 3.29. The highest BCUT2D eigenvalue weighted by Gasteiger charge is 2.10. The number of halogens is 2. The molecule has 1 N–H and O–H groups in total. The molecule has 0 aliphatic carbocycles. The fourth-order valence-electron chi connectivity index (χ4n) is 2.10. The second-order valence-corrected chi connectivity index (χ2v) is 6.00. The molecular weight excluding hydrogens is 381 g/mol. The zero-order valence-corrected chi connectivity index (χ0v) is 14.7. The number of ether oxygens (including phenoxy) is 1. The minimum atomic E-state index is -0.798. The van der Waals surface area contributed by atoms with Crippen molar-refractivity contribution in [3.63, 3.8) is 0 Å². The van der Waals surface area contributed by atoms with Crippen molar-refractivity contribution in [3.8, 4) is 0 Å². The Morgan fingerprint density at radius 1 is 1.23 bits per heavy atom. The molecule has 0 aliphatic rings. The van der Waals surface area contributed by atoms with Crippen LogP contribution in [0.4, 0.5) is 10.1 Å². The minimum Gasteiger partial charge on any atom is -0.452 e. The van der Waals surface area contributed by atoms with Crippen LogP contribution in [0.25, 0.3) is 17.1 Å². The third kappa shape index (κ3) is 4.22. The molecule has 3 rings (SSSR count). The Hall–Kier alpha value is -2.84. The van der Waals surface area contributed by atoms with Gasteiger partial charge in [-0.15, -0.1) is 0 Å². The molecule has 0 atom stereocenters. The highest BCUT2D eigenvalue weighted by Crippen LogP contribution is 2.21. The summed E-state index contributed by atoms with van der Waals surface area (Å²) >= 11 is 6.88. The molecule has 0 saturated heterocycles. The first-order valence-corrected chi connectivity index (χ1v) is 8.45. The first-order chi connectivity index (χ1) is 12.5. The van der Waals surface area contributed by atoms with Crippen LogP contribution >= 0.6 is 23.3 Å². The number of esters is 1. The van der Waals surface area contributed by atoms with Crippen LogP contribution in [0.3, 0.4) is 0 Å². The Bertz CT molecular complexity index is 986. The molecule has 1 amide bonds. The van der Waals surface area contributed by atoms with Gasteiger partial charge in [0.05, 0.1) is 22.4 Å². The van der Waals surface area contributed by atoms with Crippen LogP contribution in [0.1, 0.15) is 5.56 Å². The Morgan fingerprint density at radius 2 is 2.04 bits per heavy atom. The number of amides is 1. The van der Waals surface area contributed by atoms with Gasteiger partial charge in [0, 0.05) is 11.6 Å². The molecule has 9 heteroatoms. The lowest BCUT2D eigenvalue weighted by Gasteiger charge is -2.05. The number of benzene rings is 2. The lowest BCUT2D eigenvalue weighted by atomic mass is 10.2. The lowest BCUT2D eigenvalue weighted by molar-refractivity contribution is -0.142. The van der Waals surface area contributed by atoms with Gasteiger partial charge in [0.1, 0.15) is 16.9 Å². The summed E-state index contributed by atoms with van der Waals surface area (Å²) in [5.74, 6) is -1.89. The average molecular weight is 392 g/mol. The summed E-state index contributed by atoms with van der Waals surface area (Å²) in [5, 5.41) is 2.76. The summed E-state index contributed by atoms with van der Waals surface area (Å²) in [6, 6.07) is 9.34. The number of carbonyl (C=O) groups excluding carboxylic acids is 2. The number of aromatic nitrogens is 2. The van der Waals surface area contributed by atoms with Gasteiger partial charge < -0.3 is 10.1 Å². The molecule has 0 saturated carbocycles. The van der Waals surface area contributed by atoms with Gasteiger partial charge in [-0.2, -0.15) is 8.75 Å². The zero-order valence-electron chi connectivity index (χ0n) is 13.1. The van der Waals surface area contributed by atoms with Crippen LogP contribution in [0.15, 0.2) is 42.5 Å². The van der Waals surface area contributed by atoms with Crippen LogP contribution in [0, 0.1) is 5.82 Å². The molecule has 0 fully saturated rings. The van der Waals surface area contributed by atoms with Crippen molar-refractivity contribution < 1.29 is 18.7 Å². The van der Waals surface area contributed by atoms with Crippen LogP contribution in [0.5, 0.6) is 0 Å². The van der Waals surface area contributed by atoms with Gasteiger partial charge in [0.15, 0.2) is 6.61 Å². The molecule has 0 radical (unpaired) electrons. The predicted molar refractivity (Wildman–Crippen MR) is 97.4 cm³/mol. The maximum absolute atomic E-state index is 13.6. The monoisotopic (exact) mass is 391 g/mol. The quantitative estimate of drug-likeness (QED) is 0.530. The second-order valence-electron chi connectivity index (χ2n) is 5.06. The summed E-state index contributed by atoms with van der Waals surface area (Å²) in [5.41, 5.74) is 1.77. The summed E-state index contributed by atoms with van der Waals surface area (Å²) in [4.78, 5) is 23.6. The minimum absolute atomic E-state index is 0.0679. The van der Waals surface area contributed by atoms with Gasteiger partial charge in [0.25, 0.3) is 5.91 Å². The molecule has 0 bridgehead atoms. The van der Waals surface area contributed by atoms with Crippen molar-refractivity contribution in [1.82, 2.24) is 8.75 Å². The molecule has 6 nitrogen and oxygen atoms in total. The number of nitrogens with one attached hydrogen (secondary N) is 1. The lowest BCUT2D eigenvalue weighted by Crippen LogP contribution is -2.20. The Balaban J connectivity index is 1.57. The Kier molecular flexibility index (Phi) is 5.55. The average Bonchev–Trinajstić information content (AvgIpc) is 3.09. The maximum atomic E-state index is 13.6. The molecule has 0 aliphatic heterocycles. The zero-order chi connectivity index (χ0) is 18.5. The van der Waals surface area contributed by atoms with Gasteiger partial charge >= 0.3 is 5.97 Å². The fourth-order valence-corrected chi connectivity index (χ4v) is 2.88. The van der Waals surface area contributed by atoms with E-state index in [0.717, 1.165) is 17.8 Å². The number of fused-ring (bicyclic) bond motifs is 1. The Morgan fingerprint density at radius 3 is 2.85 bits per heavy atom. The van der Waals surface area contributed by atoms with E-state index < -0.39 is 24.3 Å². The summed E-state index contributed by atoms with van der Waals surface area (Å²) < 4.78 is 26.6. The van der Waals surface area contributed by atoms with Crippen LogP contribution in [-0.2, 0) is 14.3 Å². The number of hydrogen-bond donors (Lipinski definition) is 1. The number of rotatable bonds is 5. The third-order valence-corrected chi connectivity index (χ3v) is 4.16. The van der Waals surface area contributed by atoms with Crippen LogP contribution in [0.2, 0.25) is 5.02 Å². The first-order valence-electron chi connectivity index (χ1n) is 7.34. The molecule has 26 heavy (non-hydrogen) atoms. The van der Waals surface area contributed by atoms with E-state index in [9.17, 15) is 14.0 Å². The molecule has 3 aromatic rings. The van der Waals surface area contributed by atoms with Crippen molar-refractivity contribution in [2.24, 2.45) is 0 Å². The largest absolute Gasteiger partial charge is 0.452 e. The maximum Gasteiger partial charge on any atom is 0.331 e. The summed E-state index contributed by atoms with van der Waals surface area (Å²) in [6.45, 7) is -0.498. The van der Waals surface area contributed by atoms with E-state index >= 15 is 0 Å². The highest BCUT2D eigenvalue weighted by molar-refractivity contribution is 7.00. The predicted octanol–water partition coefficient (Wildman–Crippen LogP) is 3.68. The van der Waals surface area contributed by atoms with Crippen LogP contribution in [-0.4, -0.2) is 27.2 Å². The standard InChI is InChI=1S/C17H11ClFN3O3S/c18-11-3-1-4-12(19)10(11)7-8-16(24)25-9-15(23)20-13-5-2-6-14-17(13)22-26-21-14/h1-8H,9H2,(H,20,23). The smallest absolute Gasteiger partial charge is 0.331 e. The van der Waals surface area contributed by atoms with Crippen molar-refractivity contribution in [2.75, 3.05) is 11.9 Å². The topological polar surface area (TPSA) is 81.2 Å². The van der Waals surface area contributed by atoms with E-state index in [1.165, 1.54) is 24.3 Å². The van der Waals surface area contributed by atoms with E-state index in [4.69, 9.17) is 16.3 Å². The fraction of sp³-hybridized carbons (Fsp3) is 0.0588. The van der Waals surface area contributed by atoms with Crippen molar-refractivity contribution in [1.29, 1.82) is 0 Å². The SMILES string of the molecule is O=C(COC(=O)C=Cc1c(F)cccc1Cl)Nc1cccc2nsnc12. The number of hydrogen-bond acceptors (Lipinski definition) is 6. The molecule has 132 valence electrons. The van der Waals surface area contributed by atoms with Crippen LogP contribution < -0.4 is 5.32 Å². The molecular formula is C17H11ClFN3O3S. The Labute approximate surface area is 156 Å². The molecule has 0 spiro atoms. The van der Waals surface area contributed by atoms with Crippen molar-refractivity contribution in [2.45, 2.75) is 0 Å². The molecule has 1 heterocycles. The van der Waals surface area contributed by atoms with Gasteiger partial charge in [0.2, 0.25) is 0 Å². The van der Waals surface area contributed by atoms with E-state index in [1.54, 1.807) is 18.2 Å². The van der Waals surface area contributed by atoms with Gasteiger partial charge in [-0.1, -0.05) is 23.7 Å². The van der Waals surface area contributed by atoms with Gasteiger partial charge in [-0.25, -0.2) is 9.18 Å². The second kappa shape index (κ2) is 8.03. The van der Waals surface area contributed by atoms with Crippen molar-refractivity contribution in [3.05, 3.63) is 58.9 Å². The van der Waals surface area contributed by atoms with Gasteiger partial charge in [-0.3, -0.25) is 4.79 Å². The molecule has 1 aromatic heterocycles. The number of nitrogens with zero attached hydrogens (tertiary/aromatic N) is 2. The normalized spacial score (nSPS) is 11.0. The highest BCUT2D eigenvalue weighted by atomic mass is 35.5. The number of carbonyl (C=O) groups is 2. The summed E-state index contributed by atoms with van der Waals surface area (Å²) in [7, 11) is 0. The van der Waals surface area contributed by atoms with E-state index in [1.807, 2.05) is 0 Å². The summed E-state index contributed by atoms with van der Waals surface area (Å²) in [6.07, 6.45) is 2.20.